The number of carbonyl (C=O) groups is 1. The van der Waals surface area contributed by atoms with Gasteiger partial charge in [-0.3, -0.25) is 4.79 Å². The Hall–Kier alpha value is -0.670. The predicted octanol–water partition coefficient (Wildman–Crippen LogP) is -1.58. The number of carboxylic acid groups (broad SMARTS) is 1. The summed E-state index contributed by atoms with van der Waals surface area (Å²) in [6.45, 7) is 1.15. The molecule has 0 aromatic carbocycles. The molecule has 0 aliphatic rings. The van der Waals surface area contributed by atoms with E-state index in [-0.39, 0.29) is 0 Å². The first-order valence-corrected chi connectivity index (χ1v) is 7.65. The average Bonchev–Trinajstić information content (AvgIpc) is 1.99. The van der Waals surface area contributed by atoms with Crippen molar-refractivity contribution >= 4 is 25.8 Å². The second kappa shape index (κ2) is 4.90. The van der Waals surface area contributed by atoms with E-state index >= 15 is 0 Å². The molecule has 7 nitrogen and oxygen atoms in total. The third-order valence-corrected chi connectivity index (χ3v) is 4.11. The monoisotopic (exact) mass is 259 g/mol. The summed E-state index contributed by atoms with van der Waals surface area (Å²) in [6.07, 6.45) is 0.906. The van der Waals surface area contributed by atoms with E-state index in [1.54, 1.807) is 0 Å². The molecule has 15 heavy (non-hydrogen) atoms. The van der Waals surface area contributed by atoms with Crippen LogP contribution in [0.1, 0.15) is 6.92 Å². The molecule has 0 rings (SSSR count). The Balaban J connectivity index is 4.40. The van der Waals surface area contributed by atoms with Gasteiger partial charge in [0.15, 0.2) is 0 Å². The van der Waals surface area contributed by atoms with E-state index in [2.05, 4.69) is 0 Å². The molecule has 0 aliphatic carbocycles. The lowest BCUT2D eigenvalue weighted by Crippen LogP contribution is -2.40. The first-order valence-electron chi connectivity index (χ1n) is 3.94. The van der Waals surface area contributed by atoms with Gasteiger partial charge in [0.25, 0.3) is 0 Å². The van der Waals surface area contributed by atoms with Crippen molar-refractivity contribution in [3.8, 4) is 0 Å². The summed E-state index contributed by atoms with van der Waals surface area (Å²) in [6, 6.07) is -1.27. The van der Waals surface area contributed by atoms with Crippen molar-refractivity contribution in [2.24, 2.45) is 0 Å². The predicted molar refractivity (Wildman–Crippen MR) is 53.7 cm³/mol. The van der Waals surface area contributed by atoms with Crippen molar-refractivity contribution in [2.75, 3.05) is 17.8 Å². The number of sulfonamides is 1. The van der Waals surface area contributed by atoms with Gasteiger partial charge in [-0.15, -0.1) is 0 Å². The summed E-state index contributed by atoms with van der Waals surface area (Å²) in [5, 5.41) is 8.43. The van der Waals surface area contributed by atoms with Crippen molar-refractivity contribution < 1.29 is 26.7 Å². The van der Waals surface area contributed by atoms with Gasteiger partial charge in [0.2, 0.25) is 10.0 Å². The van der Waals surface area contributed by atoms with Gasteiger partial charge in [-0.05, 0) is 6.92 Å². The Morgan fingerprint density at radius 1 is 1.27 bits per heavy atom. The van der Waals surface area contributed by atoms with Crippen LogP contribution >= 0.6 is 0 Å². The molecule has 0 radical (unpaired) electrons. The van der Waals surface area contributed by atoms with Crippen LogP contribution in [0.4, 0.5) is 0 Å². The largest absolute Gasteiger partial charge is 0.480 e. The Labute approximate surface area is 88.5 Å². The second-order valence-electron chi connectivity index (χ2n) is 3.13. The molecular weight excluding hydrogens is 246 g/mol. The zero-order valence-corrected chi connectivity index (χ0v) is 9.93. The molecular formula is C6H13NO6S2. The second-order valence-corrected chi connectivity index (χ2v) is 7.26. The van der Waals surface area contributed by atoms with E-state index in [4.69, 9.17) is 5.11 Å². The lowest BCUT2D eigenvalue weighted by atomic mass is 10.4. The van der Waals surface area contributed by atoms with E-state index in [1.807, 2.05) is 4.72 Å². The zero-order chi connectivity index (χ0) is 12.3. The molecule has 9 heteroatoms. The van der Waals surface area contributed by atoms with Gasteiger partial charge < -0.3 is 5.11 Å². The van der Waals surface area contributed by atoms with Crippen molar-refractivity contribution in [1.29, 1.82) is 0 Å². The van der Waals surface area contributed by atoms with Crippen LogP contribution in [-0.2, 0) is 24.7 Å². The first-order chi connectivity index (χ1) is 6.53. The summed E-state index contributed by atoms with van der Waals surface area (Å²) in [5.41, 5.74) is 0. The molecule has 0 saturated carbocycles. The summed E-state index contributed by atoms with van der Waals surface area (Å²) in [7, 11) is -7.25. The zero-order valence-electron chi connectivity index (χ0n) is 8.30. The van der Waals surface area contributed by atoms with Crippen LogP contribution in [0.15, 0.2) is 0 Å². The Kier molecular flexibility index (Phi) is 4.68. The molecule has 0 amide bonds. The molecule has 0 spiro atoms. The maximum absolute atomic E-state index is 11.2. The summed E-state index contributed by atoms with van der Waals surface area (Å²) in [4.78, 5) is 10.3. The number of nitrogens with one attached hydrogen (secondary N) is 1. The lowest BCUT2D eigenvalue weighted by molar-refractivity contribution is -0.138. The molecule has 0 unspecified atom stereocenters. The highest BCUT2D eigenvalue weighted by molar-refractivity contribution is 7.93. The van der Waals surface area contributed by atoms with Gasteiger partial charge in [-0.2, -0.15) is 0 Å². The fourth-order valence-electron chi connectivity index (χ4n) is 0.640. The first kappa shape index (κ1) is 14.3. The number of carboxylic acids is 1. The van der Waals surface area contributed by atoms with Crippen LogP contribution in [-0.4, -0.2) is 51.7 Å². The summed E-state index contributed by atoms with van der Waals surface area (Å²) < 4.78 is 45.5. The van der Waals surface area contributed by atoms with Gasteiger partial charge in [-0.1, -0.05) is 0 Å². The summed E-state index contributed by atoms with van der Waals surface area (Å²) >= 11 is 0. The molecule has 0 bridgehead atoms. The van der Waals surface area contributed by atoms with Crippen LogP contribution in [0.2, 0.25) is 0 Å². The minimum Gasteiger partial charge on any atom is -0.480 e. The molecule has 2 N–H and O–H groups in total. The minimum atomic E-state index is -3.87. The van der Waals surface area contributed by atoms with Crippen LogP contribution < -0.4 is 4.72 Å². The number of hydrogen-bond donors (Lipinski definition) is 2. The van der Waals surface area contributed by atoms with E-state index in [0.29, 0.717) is 0 Å². The van der Waals surface area contributed by atoms with Gasteiger partial charge in [0.1, 0.15) is 15.9 Å². The number of sulfone groups is 1. The van der Waals surface area contributed by atoms with E-state index in [0.717, 1.165) is 13.2 Å². The molecule has 0 aromatic rings. The standard InChI is InChI=1S/C6H13NO6S2/c1-5(6(8)9)7-15(12,13)4-3-14(2,10)11/h5,7H,3-4H2,1-2H3,(H,8,9)/t5-/m1/s1. The number of hydrogen-bond acceptors (Lipinski definition) is 5. The molecule has 0 fully saturated rings. The Bertz CT molecular complexity index is 423. The normalized spacial score (nSPS) is 14.8. The number of aliphatic carboxylic acids is 1. The maximum atomic E-state index is 11.2. The van der Waals surface area contributed by atoms with Crippen molar-refractivity contribution in [2.45, 2.75) is 13.0 Å². The van der Waals surface area contributed by atoms with Crippen molar-refractivity contribution in [3.05, 3.63) is 0 Å². The van der Waals surface area contributed by atoms with E-state index < -0.39 is 43.4 Å². The topological polar surface area (TPSA) is 118 Å². The van der Waals surface area contributed by atoms with Crippen LogP contribution in [0, 0.1) is 0 Å². The minimum absolute atomic E-state index is 0.533. The van der Waals surface area contributed by atoms with E-state index in [1.165, 1.54) is 0 Å². The SMILES string of the molecule is C[C@@H](NS(=O)(=O)CCS(C)(=O)=O)C(=O)O. The van der Waals surface area contributed by atoms with Crippen LogP contribution in [0.3, 0.4) is 0 Å². The average molecular weight is 259 g/mol. The molecule has 0 aliphatic heterocycles. The highest BCUT2D eigenvalue weighted by Gasteiger charge is 2.20. The number of rotatable bonds is 6. The van der Waals surface area contributed by atoms with Gasteiger partial charge in [0.05, 0.1) is 11.5 Å². The van der Waals surface area contributed by atoms with E-state index in [9.17, 15) is 21.6 Å². The van der Waals surface area contributed by atoms with Gasteiger partial charge in [0, 0.05) is 6.26 Å². The Morgan fingerprint density at radius 3 is 2.07 bits per heavy atom. The van der Waals surface area contributed by atoms with Crippen LogP contribution in [0.5, 0.6) is 0 Å². The summed E-state index contributed by atoms with van der Waals surface area (Å²) in [5.74, 6) is -2.49. The Morgan fingerprint density at radius 2 is 1.73 bits per heavy atom. The lowest BCUT2D eigenvalue weighted by Gasteiger charge is -2.09. The molecule has 0 saturated heterocycles. The fraction of sp³-hybridized carbons (Fsp3) is 0.833. The van der Waals surface area contributed by atoms with Gasteiger partial charge in [-0.25, -0.2) is 21.6 Å². The molecule has 0 aromatic heterocycles. The van der Waals surface area contributed by atoms with Crippen molar-refractivity contribution in [1.82, 2.24) is 4.72 Å². The van der Waals surface area contributed by atoms with Crippen molar-refractivity contribution in [3.63, 3.8) is 0 Å². The highest BCUT2D eigenvalue weighted by Crippen LogP contribution is 1.93. The molecule has 1 atom stereocenters. The third-order valence-electron chi connectivity index (χ3n) is 1.45. The van der Waals surface area contributed by atoms with Crippen LogP contribution in [0.25, 0.3) is 0 Å². The molecule has 0 heterocycles. The smallest absolute Gasteiger partial charge is 0.321 e. The molecule has 90 valence electrons. The highest BCUT2D eigenvalue weighted by atomic mass is 32.2. The maximum Gasteiger partial charge on any atom is 0.321 e. The fourth-order valence-corrected chi connectivity index (χ4v) is 3.49. The quantitative estimate of drug-likeness (QED) is 0.594. The van der Waals surface area contributed by atoms with Gasteiger partial charge >= 0.3 is 5.97 Å². The third kappa shape index (κ3) is 7.28.